The molecule has 0 radical (unpaired) electrons. The third-order valence-corrected chi connectivity index (χ3v) is 14.2. The standard InChI is InChI=1S/C42H59NO6/c1-39-28-34(30-14-16-32(17-15-30)43(2)31-10-4-3-5-11-31)38-33(12-8-20-40(44)29-42(23-19-36(38)40)48-26-27-49-42)35(39)18-22-41(39,45)21-9-25-47-37-13-6-7-24-46-37/h14-17,31,33-35,37,44-45H,3-8,10-13,18-20,22-29H2,1-2H3/t33?,34?,35?,37?,39?,40-,41?/m1/s1. The molecule has 2 aliphatic heterocycles. The maximum atomic E-state index is 12.6. The summed E-state index contributed by atoms with van der Waals surface area (Å²) in [5, 5.41) is 25.1. The molecule has 2 saturated heterocycles. The van der Waals surface area contributed by atoms with Gasteiger partial charge in [-0.1, -0.05) is 55.7 Å². The molecule has 1 aromatic carbocycles. The van der Waals surface area contributed by atoms with Crippen LogP contribution in [0.25, 0.3) is 0 Å². The molecule has 268 valence electrons. The maximum absolute atomic E-state index is 12.6. The van der Waals surface area contributed by atoms with Gasteiger partial charge in [-0.3, -0.25) is 0 Å². The highest BCUT2D eigenvalue weighted by Crippen LogP contribution is 2.67. The minimum Gasteiger partial charge on any atom is -0.385 e. The minimum atomic E-state index is -1.09. The molecule has 5 aliphatic carbocycles. The number of benzene rings is 1. The maximum Gasteiger partial charge on any atom is 0.171 e. The van der Waals surface area contributed by atoms with E-state index in [1.807, 2.05) is 0 Å². The van der Waals surface area contributed by atoms with Crippen molar-refractivity contribution in [1.29, 1.82) is 0 Å². The second-order valence-corrected chi connectivity index (χ2v) is 16.8. The Labute approximate surface area is 294 Å². The normalized spacial score (nSPS) is 39.0. The molecule has 7 nitrogen and oxygen atoms in total. The Morgan fingerprint density at radius 3 is 2.41 bits per heavy atom. The van der Waals surface area contributed by atoms with Gasteiger partial charge in [0.05, 0.1) is 18.8 Å². The Morgan fingerprint density at radius 2 is 1.65 bits per heavy atom. The van der Waals surface area contributed by atoms with E-state index in [1.165, 1.54) is 54.5 Å². The van der Waals surface area contributed by atoms with Crippen LogP contribution in [0.2, 0.25) is 0 Å². The van der Waals surface area contributed by atoms with Crippen molar-refractivity contribution in [1.82, 2.24) is 0 Å². The second-order valence-electron chi connectivity index (χ2n) is 16.8. The number of nitrogens with zero attached hydrogens (tertiary/aromatic N) is 1. The first-order chi connectivity index (χ1) is 23.7. The smallest absolute Gasteiger partial charge is 0.171 e. The monoisotopic (exact) mass is 673 g/mol. The van der Waals surface area contributed by atoms with Gasteiger partial charge in [-0.25, -0.2) is 0 Å². The van der Waals surface area contributed by atoms with Crippen LogP contribution in [0.3, 0.4) is 0 Å². The number of fused-ring (bicyclic) bond motifs is 4. The minimum absolute atomic E-state index is 0.109. The largest absolute Gasteiger partial charge is 0.385 e. The van der Waals surface area contributed by atoms with Crippen molar-refractivity contribution in [2.45, 2.75) is 151 Å². The van der Waals surface area contributed by atoms with Crippen LogP contribution in [0.4, 0.5) is 5.69 Å². The summed E-state index contributed by atoms with van der Waals surface area (Å²) in [6.45, 7) is 4.56. The van der Waals surface area contributed by atoms with E-state index in [9.17, 15) is 10.2 Å². The van der Waals surface area contributed by atoms with E-state index in [1.54, 1.807) is 0 Å². The molecule has 7 aliphatic rings. The molecule has 6 unspecified atom stereocenters. The first kappa shape index (κ1) is 34.2. The predicted molar refractivity (Wildman–Crippen MR) is 190 cm³/mol. The fourth-order valence-electron chi connectivity index (χ4n) is 11.5. The number of rotatable bonds is 5. The molecule has 2 heterocycles. The van der Waals surface area contributed by atoms with Gasteiger partial charge in [-0.15, -0.1) is 0 Å². The first-order valence-electron chi connectivity index (χ1n) is 19.7. The molecule has 1 spiro atoms. The molecule has 1 aromatic rings. The third kappa shape index (κ3) is 6.21. The van der Waals surface area contributed by atoms with Crippen LogP contribution in [0.5, 0.6) is 0 Å². The molecule has 49 heavy (non-hydrogen) atoms. The Balaban J connectivity index is 1.14. The predicted octanol–water partition coefficient (Wildman–Crippen LogP) is 7.39. The first-order valence-corrected chi connectivity index (χ1v) is 19.7. The summed E-state index contributed by atoms with van der Waals surface area (Å²) in [6, 6.07) is 9.95. The van der Waals surface area contributed by atoms with E-state index in [0.717, 1.165) is 70.8 Å². The van der Waals surface area contributed by atoms with E-state index in [4.69, 9.17) is 18.9 Å². The van der Waals surface area contributed by atoms with Crippen LogP contribution in [-0.2, 0) is 18.9 Å². The van der Waals surface area contributed by atoms with Crippen LogP contribution >= 0.6 is 0 Å². The van der Waals surface area contributed by atoms with Crippen LogP contribution in [0.15, 0.2) is 35.4 Å². The molecule has 2 N–H and O–H groups in total. The lowest BCUT2D eigenvalue weighted by molar-refractivity contribution is -0.205. The summed E-state index contributed by atoms with van der Waals surface area (Å²) in [5.74, 6) is 6.72. The summed E-state index contributed by atoms with van der Waals surface area (Å²) >= 11 is 0. The summed E-state index contributed by atoms with van der Waals surface area (Å²) in [7, 11) is 2.26. The molecule has 8 rings (SSSR count). The molecule has 6 fully saturated rings. The van der Waals surface area contributed by atoms with E-state index >= 15 is 0 Å². The lowest BCUT2D eigenvalue weighted by atomic mass is 9.52. The van der Waals surface area contributed by atoms with Crippen LogP contribution < -0.4 is 4.90 Å². The Bertz CT molecular complexity index is 1430. The lowest BCUT2D eigenvalue weighted by Crippen LogP contribution is -2.52. The molecule has 7 atom stereocenters. The summed E-state index contributed by atoms with van der Waals surface area (Å²) in [6.07, 6.45) is 16.7. The van der Waals surface area contributed by atoms with Crippen LogP contribution in [0.1, 0.15) is 128 Å². The van der Waals surface area contributed by atoms with Crippen LogP contribution in [-0.4, -0.2) is 73.0 Å². The highest BCUT2D eigenvalue weighted by molar-refractivity contribution is 5.51. The van der Waals surface area contributed by atoms with Crippen molar-refractivity contribution >= 4 is 5.69 Å². The second kappa shape index (κ2) is 13.6. The summed E-state index contributed by atoms with van der Waals surface area (Å²) < 4.78 is 24.1. The number of allylic oxidation sites excluding steroid dienone is 1. The molecule has 0 amide bonds. The van der Waals surface area contributed by atoms with Crippen molar-refractivity contribution < 1.29 is 29.2 Å². The van der Waals surface area contributed by atoms with E-state index in [0.29, 0.717) is 43.9 Å². The molecule has 7 heteroatoms. The van der Waals surface area contributed by atoms with Gasteiger partial charge in [0.1, 0.15) is 12.2 Å². The van der Waals surface area contributed by atoms with Gasteiger partial charge in [-0.05, 0) is 112 Å². The highest BCUT2D eigenvalue weighted by Gasteiger charge is 2.64. The molecule has 4 saturated carbocycles. The Kier molecular flexibility index (Phi) is 9.46. The Hall–Kier alpha value is -1.92. The van der Waals surface area contributed by atoms with Gasteiger partial charge in [0, 0.05) is 49.6 Å². The van der Waals surface area contributed by atoms with Gasteiger partial charge >= 0.3 is 0 Å². The van der Waals surface area contributed by atoms with Gasteiger partial charge in [0.2, 0.25) is 0 Å². The van der Waals surface area contributed by atoms with Crippen molar-refractivity contribution in [3.8, 4) is 11.8 Å². The van der Waals surface area contributed by atoms with E-state index in [-0.39, 0.29) is 24.2 Å². The van der Waals surface area contributed by atoms with Gasteiger partial charge < -0.3 is 34.1 Å². The van der Waals surface area contributed by atoms with Crippen molar-refractivity contribution in [3.05, 3.63) is 41.0 Å². The van der Waals surface area contributed by atoms with Gasteiger partial charge in [0.15, 0.2) is 12.1 Å². The van der Waals surface area contributed by atoms with Crippen molar-refractivity contribution in [2.24, 2.45) is 17.3 Å². The fourth-order valence-corrected chi connectivity index (χ4v) is 11.5. The molecular formula is C42H59NO6. The Morgan fingerprint density at radius 1 is 0.878 bits per heavy atom. The fraction of sp³-hybridized carbons (Fsp3) is 0.762. The zero-order chi connectivity index (χ0) is 33.7. The topological polar surface area (TPSA) is 80.6 Å². The number of hydrogen-bond donors (Lipinski definition) is 2. The van der Waals surface area contributed by atoms with E-state index in [2.05, 4.69) is 55.0 Å². The molecular weight excluding hydrogens is 614 g/mol. The quantitative estimate of drug-likeness (QED) is 0.249. The number of anilines is 1. The highest BCUT2D eigenvalue weighted by atomic mass is 16.7. The summed E-state index contributed by atoms with van der Waals surface area (Å²) in [5.41, 5.74) is 2.89. The molecule has 0 aromatic heterocycles. The van der Waals surface area contributed by atoms with Gasteiger partial charge in [-0.2, -0.15) is 0 Å². The van der Waals surface area contributed by atoms with Gasteiger partial charge in [0.25, 0.3) is 0 Å². The number of aliphatic hydroxyl groups is 2. The number of hydrogen-bond acceptors (Lipinski definition) is 7. The van der Waals surface area contributed by atoms with E-state index < -0.39 is 17.0 Å². The number of ether oxygens (including phenoxy) is 4. The third-order valence-electron chi connectivity index (χ3n) is 14.2. The summed E-state index contributed by atoms with van der Waals surface area (Å²) in [4.78, 5) is 2.49. The zero-order valence-electron chi connectivity index (χ0n) is 30.0. The average molecular weight is 674 g/mol. The average Bonchev–Trinajstić information content (AvgIpc) is 3.63. The molecule has 0 bridgehead atoms. The SMILES string of the molecule is CN(c1ccc(C2CC3(C)C(CCC3(O)C#CCOC3CCCCO3)C3CCC[C@@]4(O)CC5(CCC4=C23)OCCO5)cc1)C1CCCCC1. The zero-order valence-corrected chi connectivity index (χ0v) is 30.0. The van der Waals surface area contributed by atoms with Crippen LogP contribution in [0, 0.1) is 29.1 Å². The van der Waals surface area contributed by atoms with Crippen molar-refractivity contribution in [3.63, 3.8) is 0 Å². The van der Waals surface area contributed by atoms with Crippen molar-refractivity contribution in [2.75, 3.05) is 38.4 Å². The lowest BCUT2D eigenvalue weighted by Gasteiger charge is -2.53.